The number of anilines is 1. The van der Waals surface area contributed by atoms with E-state index >= 15 is 0 Å². The van der Waals surface area contributed by atoms with Gasteiger partial charge in [-0.2, -0.15) is 0 Å². The second-order valence-corrected chi connectivity index (χ2v) is 4.90. The summed E-state index contributed by atoms with van der Waals surface area (Å²) in [4.78, 5) is 13.8. The van der Waals surface area contributed by atoms with Crippen LogP contribution < -0.4 is 4.90 Å². The molecule has 3 nitrogen and oxygen atoms in total. The largest absolute Gasteiger partial charge is 0.508 e. The summed E-state index contributed by atoms with van der Waals surface area (Å²) in [5.41, 5.74) is 3.12. The first kappa shape index (κ1) is 14.1. The fourth-order valence-corrected chi connectivity index (χ4v) is 2.15. The highest BCUT2D eigenvalue weighted by molar-refractivity contribution is 5.93. The molecule has 2 aromatic carbocycles. The van der Waals surface area contributed by atoms with E-state index in [1.165, 1.54) is 11.1 Å². The lowest BCUT2D eigenvalue weighted by Crippen LogP contribution is -2.26. The number of hydrogen-bond donors (Lipinski definition) is 1. The van der Waals surface area contributed by atoms with Gasteiger partial charge >= 0.3 is 0 Å². The summed E-state index contributed by atoms with van der Waals surface area (Å²) in [6, 6.07) is 14.8. The number of hydrogen-bond acceptors (Lipinski definition) is 2. The number of rotatable bonds is 4. The number of aromatic hydroxyl groups is 1. The van der Waals surface area contributed by atoms with E-state index in [0.717, 1.165) is 6.42 Å². The Kier molecular flexibility index (Phi) is 4.41. The minimum absolute atomic E-state index is 0.0406. The summed E-state index contributed by atoms with van der Waals surface area (Å²) < 4.78 is 0. The maximum atomic E-state index is 12.2. The summed E-state index contributed by atoms with van der Waals surface area (Å²) in [6.07, 6.45) is 1.19. The van der Waals surface area contributed by atoms with E-state index in [-0.39, 0.29) is 11.7 Å². The first-order chi connectivity index (χ1) is 9.58. The molecule has 0 atom stereocenters. The maximum Gasteiger partial charge on any atom is 0.227 e. The number of phenolic OH excluding ortho intramolecular Hbond substituents is 1. The molecule has 0 saturated heterocycles. The lowest BCUT2D eigenvalue weighted by Gasteiger charge is -2.17. The Morgan fingerprint density at radius 2 is 1.90 bits per heavy atom. The van der Waals surface area contributed by atoms with Gasteiger partial charge in [-0.3, -0.25) is 4.79 Å². The van der Waals surface area contributed by atoms with Crippen LogP contribution >= 0.6 is 0 Å². The molecular formula is C17H19NO2. The molecule has 0 fully saturated rings. The van der Waals surface area contributed by atoms with E-state index in [4.69, 9.17) is 0 Å². The van der Waals surface area contributed by atoms with Crippen molar-refractivity contribution in [3.05, 3.63) is 59.7 Å². The molecule has 0 bridgehead atoms. The molecule has 2 aromatic rings. The zero-order valence-electron chi connectivity index (χ0n) is 11.8. The van der Waals surface area contributed by atoms with Crippen LogP contribution in [0.5, 0.6) is 5.75 Å². The number of carbonyl (C=O) groups is 1. The molecule has 0 aromatic heterocycles. The molecule has 2 rings (SSSR count). The number of benzene rings is 2. The number of nitrogens with zero attached hydrogens (tertiary/aromatic N) is 1. The van der Waals surface area contributed by atoms with Crippen LogP contribution in [0.15, 0.2) is 48.5 Å². The van der Waals surface area contributed by atoms with E-state index in [0.29, 0.717) is 12.1 Å². The summed E-state index contributed by atoms with van der Waals surface area (Å²) in [6.45, 7) is 2.05. The van der Waals surface area contributed by atoms with E-state index < -0.39 is 0 Å². The van der Waals surface area contributed by atoms with Crippen molar-refractivity contribution in [2.24, 2.45) is 0 Å². The topological polar surface area (TPSA) is 40.5 Å². The standard InChI is InChI=1S/C17H19NO2/c1-13-6-3-4-7-14(13)10-11-17(20)18(2)15-8-5-9-16(19)12-15/h3-9,12,19H,10-11H2,1-2H3. The molecule has 0 aliphatic rings. The van der Waals surface area contributed by atoms with E-state index in [1.807, 2.05) is 18.2 Å². The fraction of sp³-hybridized carbons (Fsp3) is 0.235. The third-order valence-corrected chi connectivity index (χ3v) is 3.46. The van der Waals surface area contributed by atoms with Gasteiger partial charge in [-0.1, -0.05) is 30.3 Å². The molecule has 0 saturated carbocycles. The molecule has 1 N–H and O–H groups in total. The summed E-state index contributed by atoms with van der Waals surface area (Å²) in [7, 11) is 1.73. The van der Waals surface area contributed by atoms with Crippen molar-refractivity contribution in [1.29, 1.82) is 0 Å². The Hall–Kier alpha value is -2.29. The van der Waals surface area contributed by atoms with Gasteiger partial charge in [0, 0.05) is 25.2 Å². The zero-order valence-corrected chi connectivity index (χ0v) is 11.8. The van der Waals surface area contributed by atoms with Gasteiger partial charge < -0.3 is 10.0 Å². The molecule has 0 radical (unpaired) electrons. The van der Waals surface area contributed by atoms with Gasteiger partial charge in [0.15, 0.2) is 0 Å². The van der Waals surface area contributed by atoms with Gasteiger partial charge in [-0.05, 0) is 36.6 Å². The smallest absolute Gasteiger partial charge is 0.227 e. The molecule has 0 heterocycles. The van der Waals surface area contributed by atoms with Crippen molar-refractivity contribution >= 4 is 11.6 Å². The van der Waals surface area contributed by atoms with Gasteiger partial charge in [0.05, 0.1) is 0 Å². The van der Waals surface area contributed by atoms with Gasteiger partial charge in [0.1, 0.15) is 5.75 Å². The SMILES string of the molecule is Cc1ccccc1CCC(=O)N(C)c1cccc(O)c1. The van der Waals surface area contributed by atoms with Crippen LogP contribution in [0.3, 0.4) is 0 Å². The molecular weight excluding hydrogens is 250 g/mol. The Morgan fingerprint density at radius 1 is 1.15 bits per heavy atom. The van der Waals surface area contributed by atoms with Crippen LogP contribution in [0.2, 0.25) is 0 Å². The Morgan fingerprint density at radius 3 is 2.60 bits per heavy atom. The van der Waals surface area contributed by atoms with Gasteiger partial charge in [-0.25, -0.2) is 0 Å². The molecule has 0 spiro atoms. The van der Waals surface area contributed by atoms with Crippen LogP contribution in [-0.2, 0) is 11.2 Å². The van der Waals surface area contributed by atoms with Crippen LogP contribution in [0.1, 0.15) is 17.5 Å². The summed E-state index contributed by atoms with van der Waals surface area (Å²) in [5, 5.41) is 9.45. The molecule has 0 aliphatic carbocycles. The summed E-state index contributed by atoms with van der Waals surface area (Å²) >= 11 is 0. The minimum atomic E-state index is 0.0406. The predicted octanol–water partition coefficient (Wildman–Crippen LogP) is 3.30. The number of phenols is 1. The fourth-order valence-electron chi connectivity index (χ4n) is 2.15. The van der Waals surface area contributed by atoms with E-state index in [9.17, 15) is 9.90 Å². The third-order valence-electron chi connectivity index (χ3n) is 3.46. The number of amides is 1. The van der Waals surface area contributed by atoms with Gasteiger partial charge in [0.2, 0.25) is 5.91 Å². The molecule has 0 unspecified atom stereocenters. The lowest BCUT2D eigenvalue weighted by molar-refractivity contribution is -0.118. The molecule has 3 heteroatoms. The van der Waals surface area contributed by atoms with E-state index in [2.05, 4.69) is 19.1 Å². The van der Waals surface area contributed by atoms with Crippen LogP contribution in [0.25, 0.3) is 0 Å². The van der Waals surface area contributed by atoms with Crippen molar-refractivity contribution in [1.82, 2.24) is 0 Å². The van der Waals surface area contributed by atoms with Crippen LogP contribution in [0.4, 0.5) is 5.69 Å². The quantitative estimate of drug-likeness (QED) is 0.925. The average Bonchev–Trinajstić information content (AvgIpc) is 2.45. The number of aryl methyl sites for hydroxylation is 2. The number of carbonyl (C=O) groups excluding carboxylic acids is 1. The zero-order chi connectivity index (χ0) is 14.5. The lowest BCUT2D eigenvalue weighted by atomic mass is 10.0. The molecule has 1 amide bonds. The highest BCUT2D eigenvalue weighted by atomic mass is 16.3. The molecule has 20 heavy (non-hydrogen) atoms. The van der Waals surface area contributed by atoms with Crippen molar-refractivity contribution in [2.45, 2.75) is 19.8 Å². The molecule has 104 valence electrons. The Labute approximate surface area is 119 Å². The first-order valence-corrected chi connectivity index (χ1v) is 6.68. The second kappa shape index (κ2) is 6.24. The normalized spacial score (nSPS) is 10.3. The van der Waals surface area contributed by atoms with Crippen LogP contribution in [-0.4, -0.2) is 18.1 Å². The third kappa shape index (κ3) is 3.38. The van der Waals surface area contributed by atoms with E-state index in [1.54, 1.807) is 30.1 Å². The maximum absolute atomic E-state index is 12.2. The predicted molar refractivity (Wildman–Crippen MR) is 81.0 cm³/mol. The molecule has 0 aliphatic heterocycles. The average molecular weight is 269 g/mol. The highest BCUT2D eigenvalue weighted by Gasteiger charge is 2.11. The minimum Gasteiger partial charge on any atom is -0.508 e. The Balaban J connectivity index is 2.00. The van der Waals surface area contributed by atoms with Crippen LogP contribution in [0, 0.1) is 6.92 Å². The van der Waals surface area contributed by atoms with Crippen molar-refractivity contribution in [2.75, 3.05) is 11.9 Å². The first-order valence-electron chi connectivity index (χ1n) is 6.68. The highest BCUT2D eigenvalue weighted by Crippen LogP contribution is 2.20. The van der Waals surface area contributed by atoms with Crippen molar-refractivity contribution < 1.29 is 9.90 Å². The van der Waals surface area contributed by atoms with Crippen molar-refractivity contribution in [3.63, 3.8) is 0 Å². The van der Waals surface area contributed by atoms with Gasteiger partial charge in [-0.15, -0.1) is 0 Å². The second-order valence-electron chi connectivity index (χ2n) is 4.90. The van der Waals surface area contributed by atoms with Crippen molar-refractivity contribution in [3.8, 4) is 5.75 Å². The Bertz CT molecular complexity index is 607. The van der Waals surface area contributed by atoms with Gasteiger partial charge in [0.25, 0.3) is 0 Å². The summed E-state index contributed by atoms with van der Waals surface area (Å²) in [5.74, 6) is 0.208. The monoisotopic (exact) mass is 269 g/mol.